The first-order valence-corrected chi connectivity index (χ1v) is 9.06. The van der Waals surface area contributed by atoms with Crippen molar-refractivity contribution in [3.63, 3.8) is 0 Å². The van der Waals surface area contributed by atoms with Crippen LogP contribution < -0.4 is 15.2 Å². The molecule has 0 spiro atoms. The molecule has 1 aliphatic carbocycles. The van der Waals surface area contributed by atoms with Gasteiger partial charge in [-0.15, -0.1) is 0 Å². The van der Waals surface area contributed by atoms with E-state index >= 15 is 0 Å². The Morgan fingerprint density at radius 3 is 2.71 bits per heavy atom. The minimum atomic E-state index is 0.173. The first-order chi connectivity index (χ1) is 10.3. The van der Waals surface area contributed by atoms with Crippen molar-refractivity contribution in [3.8, 4) is 11.5 Å². The number of thioether (sulfide) groups is 1. The second-order valence-electron chi connectivity index (χ2n) is 6.16. The topological polar surface area (TPSA) is 44.5 Å². The van der Waals surface area contributed by atoms with Crippen molar-refractivity contribution in [3.05, 3.63) is 23.8 Å². The zero-order valence-electron chi connectivity index (χ0n) is 12.8. The largest absolute Gasteiger partial charge is 0.493 e. The highest BCUT2D eigenvalue weighted by Crippen LogP contribution is 2.45. The van der Waals surface area contributed by atoms with Crippen LogP contribution in [0.5, 0.6) is 11.5 Å². The van der Waals surface area contributed by atoms with E-state index in [1.165, 1.54) is 37.0 Å². The van der Waals surface area contributed by atoms with Crippen molar-refractivity contribution in [2.24, 2.45) is 5.73 Å². The van der Waals surface area contributed by atoms with E-state index in [1.807, 2.05) is 11.8 Å². The quantitative estimate of drug-likeness (QED) is 0.906. The minimum absolute atomic E-state index is 0.173. The summed E-state index contributed by atoms with van der Waals surface area (Å²) in [4.78, 5) is 0. The van der Waals surface area contributed by atoms with Gasteiger partial charge in [0.1, 0.15) is 6.10 Å². The predicted molar refractivity (Wildman–Crippen MR) is 88.6 cm³/mol. The summed E-state index contributed by atoms with van der Waals surface area (Å²) in [6.07, 6.45) is 6.35. The van der Waals surface area contributed by atoms with E-state index in [-0.39, 0.29) is 5.41 Å². The summed E-state index contributed by atoms with van der Waals surface area (Å²) in [6, 6.07) is 6.39. The van der Waals surface area contributed by atoms with Crippen LogP contribution in [0.3, 0.4) is 0 Å². The third kappa shape index (κ3) is 3.02. The van der Waals surface area contributed by atoms with Crippen molar-refractivity contribution in [2.45, 2.75) is 43.6 Å². The summed E-state index contributed by atoms with van der Waals surface area (Å²) in [5, 5.41) is 0. The van der Waals surface area contributed by atoms with E-state index in [2.05, 4.69) is 18.2 Å². The van der Waals surface area contributed by atoms with Crippen molar-refractivity contribution >= 4 is 11.8 Å². The van der Waals surface area contributed by atoms with Crippen LogP contribution >= 0.6 is 11.8 Å². The summed E-state index contributed by atoms with van der Waals surface area (Å²) in [5.41, 5.74) is 7.48. The maximum Gasteiger partial charge on any atom is 0.161 e. The molecule has 2 fully saturated rings. The van der Waals surface area contributed by atoms with Crippen molar-refractivity contribution < 1.29 is 9.47 Å². The summed E-state index contributed by atoms with van der Waals surface area (Å²) < 4.78 is 11.7. The van der Waals surface area contributed by atoms with Gasteiger partial charge in [-0.3, -0.25) is 0 Å². The highest BCUT2D eigenvalue weighted by molar-refractivity contribution is 7.99. The molecule has 21 heavy (non-hydrogen) atoms. The van der Waals surface area contributed by atoms with Gasteiger partial charge in [0, 0.05) is 17.7 Å². The van der Waals surface area contributed by atoms with Crippen LogP contribution in [0.25, 0.3) is 0 Å². The molecular formula is C17H25NO2S. The number of nitrogens with two attached hydrogens (primary N) is 1. The molecule has 2 aliphatic rings. The van der Waals surface area contributed by atoms with Crippen molar-refractivity contribution in [1.29, 1.82) is 0 Å². The molecule has 0 radical (unpaired) electrons. The van der Waals surface area contributed by atoms with E-state index in [0.29, 0.717) is 6.10 Å². The zero-order chi connectivity index (χ0) is 14.7. The number of ether oxygens (including phenoxy) is 2. The average Bonchev–Trinajstić information content (AvgIpc) is 2.49. The molecule has 2 N–H and O–H groups in total. The third-order valence-electron chi connectivity index (χ3n) is 4.89. The van der Waals surface area contributed by atoms with Gasteiger partial charge in [0.05, 0.1) is 7.11 Å². The van der Waals surface area contributed by atoms with E-state index in [4.69, 9.17) is 15.2 Å². The van der Waals surface area contributed by atoms with Gasteiger partial charge in [-0.05, 0) is 49.1 Å². The molecule has 1 saturated heterocycles. The number of hydrogen-bond donors (Lipinski definition) is 1. The average molecular weight is 307 g/mol. The fraction of sp³-hybridized carbons (Fsp3) is 0.647. The second-order valence-corrected chi connectivity index (χ2v) is 7.31. The van der Waals surface area contributed by atoms with Gasteiger partial charge in [0.2, 0.25) is 0 Å². The molecular weight excluding hydrogens is 282 g/mol. The van der Waals surface area contributed by atoms with E-state index in [1.54, 1.807) is 7.11 Å². The van der Waals surface area contributed by atoms with Gasteiger partial charge in [0.25, 0.3) is 0 Å². The van der Waals surface area contributed by atoms with Crippen LogP contribution in [0.15, 0.2) is 18.2 Å². The summed E-state index contributed by atoms with van der Waals surface area (Å²) in [5.74, 6) is 4.06. The van der Waals surface area contributed by atoms with Crippen LogP contribution in [0.4, 0.5) is 0 Å². The molecule has 0 bridgehead atoms. The predicted octanol–water partition coefficient (Wildman–Crippen LogP) is 3.35. The Morgan fingerprint density at radius 1 is 1.29 bits per heavy atom. The van der Waals surface area contributed by atoms with Crippen LogP contribution in [-0.2, 0) is 5.41 Å². The van der Waals surface area contributed by atoms with Gasteiger partial charge in [-0.1, -0.05) is 12.5 Å². The lowest BCUT2D eigenvalue weighted by Crippen LogP contribution is -2.41. The summed E-state index contributed by atoms with van der Waals surface area (Å²) in [6.45, 7) is 0.718. The summed E-state index contributed by atoms with van der Waals surface area (Å²) in [7, 11) is 1.72. The monoisotopic (exact) mass is 307 g/mol. The highest BCUT2D eigenvalue weighted by atomic mass is 32.2. The maximum atomic E-state index is 6.15. The molecule has 0 amide bonds. The van der Waals surface area contributed by atoms with Gasteiger partial charge in [-0.25, -0.2) is 0 Å². The second kappa shape index (κ2) is 6.49. The molecule has 0 aromatic heterocycles. The molecule has 1 aromatic rings. The molecule has 4 heteroatoms. The third-order valence-corrected chi connectivity index (χ3v) is 6.07. The SMILES string of the molecule is COc1cc(C2(CN)CCC2)ccc1OC1CCCSC1. The fourth-order valence-corrected chi connectivity index (χ4v) is 4.33. The Kier molecular flexibility index (Phi) is 4.65. The van der Waals surface area contributed by atoms with E-state index < -0.39 is 0 Å². The van der Waals surface area contributed by atoms with Gasteiger partial charge in [-0.2, -0.15) is 11.8 Å². The Morgan fingerprint density at radius 2 is 2.14 bits per heavy atom. The lowest BCUT2D eigenvalue weighted by atomic mass is 9.64. The van der Waals surface area contributed by atoms with Crippen LogP contribution in [0, 0.1) is 0 Å². The van der Waals surface area contributed by atoms with E-state index in [0.717, 1.165) is 30.2 Å². The highest BCUT2D eigenvalue weighted by Gasteiger charge is 2.37. The first-order valence-electron chi connectivity index (χ1n) is 7.90. The zero-order valence-corrected chi connectivity index (χ0v) is 13.6. The lowest BCUT2D eigenvalue weighted by molar-refractivity contribution is 0.201. The maximum absolute atomic E-state index is 6.15. The molecule has 1 aliphatic heterocycles. The molecule has 1 unspecified atom stereocenters. The lowest BCUT2D eigenvalue weighted by Gasteiger charge is -2.41. The number of hydrogen-bond acceptors (Lipinski definition) is 4. The Labute approximate surface area is 131 Å². The first kappa shape index (κ1) is 15.0. The number of rotatable bonds is 5. The molecule has 1 heterocycles. The summed E-state index contributed by atoms with van der Waals surface area (Å²) >= 11 is 1.98. The molecule has 116 valence electrons. The smallest absolute Gasteiger partial charge is 0.161 e. The molecule has 3 nitrogen and oxygen atoms in total. The van der Waals surface area contributed by atoms with Crippen molar-refractivity contribution in [1.82, 2.24) is 0 Å². The van der Waals surface area contributed by atoms with Gasteiger partial charge >= 0.3 is 0 Å². The number of benzene rings is 1. The Balaban J connectivity index is 1.78. The number of methoxy groups -OCH3 is 1. The van der Waals surface area contributed by atoms with Gasteiger partial charge in [0.15, 0.2) is 11.5 Å². The standard InChI is InChI=1S/C17H25NO2S/c1-19-16-10-13(17(12-18)7-3-8-17)5-6-15(16)20-14-4-2-9-21-11-14/h5-6,10,14H,2-4,7-9,11-12,18H2,1H3. The van der Waals surface area contributed by atoms with Crippen LogP contribution in [0.2, 0.25) is 0 Å². The molecule has 1 atom stereocenters. The molecule has 1 saturated carbocycles. The van der Waals surface area contributed by atoms with Crippen molar-refractivity contribution in [2.75, 3.05) is 25.2 Å². The fourth-order valence-electron chi connectivity index (χ4n) is 3.29. The van der Waals surface area contributed by atoms with Crippen LogP contribution in [0.1, 0.15) is 37.7 Å². The molecule has 3 rings (SSSR count). The Hall–Kier alpha value is -0.870. The van der Waals surface area contributed by atoms with E-state index in [9.17, 15) is 0 Å². The Bertz CT molecular complexity index is 476. The minimum Gasteiger partial charge on any atom is -0.493 e. The van der Waals surface area contributed by atoms with Gasteiger partial charge < -0.3 is 15.2 Å². The van der Waals surface area contributed by atoms with Crippen LogP contribution in [-0.4, -0.2) is 31.3 Å². The normalized spacial score (nSPS) is 24.2. The molecule has 1 aromatic carbocycles.